The van der Waals surface area contributed by atoms with Crippen LogP contribution in [0.25, 0.3) is 10.9 Å². The van der Waals surface area contributed by atoms with Crippen LogP contribution in [0.15, 0.2) is 28.7 Å². The predicted octanol–water partition coefficient (Wildman–Crippen LogP) is 1.48. The molecule has 2 atom stereocenters. The molecule has 5 nitrogen and oxygen atoms in total. The van der Waals surface area contributed by atoms with Gasteiger partial charge in [-0.25, -0.2) is 0 Å². The molecule has 3 N–H and O–H groups in total. The molecular formula is C14H14BrN3O2. The van der Waals surface area contributed by atoms with Crippen molar-refractivity contribution in [3.63, 3.8) is 0 Å². The van der Waals surface area contributed by atoms with Gasteiger partial charge in [-0.15, -0.1) is 0 Å². The Hall–Kier alpha value is -1.82. The third kappa shape index (κ3) is 2.43. The van der Waals surface area contributed by atoms with Gasteiger partial charge in [0.1, 0.15) is 12.1 Å². The van der Waals surface area contributed by atoms with Crippen LogP contribution in [0.1, 0.15) is 12.6 Å². The number of amides is 2. The van der Waals surface area contributed by atoms with E-state index in [0.717, 1.165) is 21.1 Å². The van der Waals surface area contributed by atoms with Gasteiger partial charge in [-0.3, -0.25) is 9.59 Å². The quantitative estimate of drug-likeness (QED) is 0.777. The minimum Gasteiger partial charge on any atom is -0.358 e. The number of aromatic nitrogens is 1. The SMILES string of the molecule is CC1NC(=O)C(Cc2cc3cc(Br)ccc3[nH]2)NC1=O. The van der Waals surface area contributed by atoms with E-state index in [4.69, 9.17) is 0 Å². The zero-order valence-corrected chi connectivity index (χ0v) is 12.5. The summed E-state index contributed by atoms with van der Waals surface area (Å²) in [6.07, 6.45) is 0.455. The molecule has 104 valence electrons. The summed E-state index contributed by atoms with van der Waals surface area (Å²) in [5.74, 6) is -0.287. The van der Waals surface area contributed by atoms with E-state index in [2.05, 4.69) is 31.5 Å². The highest BCUT2D eigenvalue weighted by Crippen LogP contribution is 2.21. The molecule has 0 saturated carbocycles. The summed E-state index contributed by atoms with van der Waals surface area (Å²) in [6, 6.07) is 6.96. The van der Waals surface area contributed by atoms with E-state index in [0.29, 0.717) is 6.42 Å². The molecule has 2 amide bonds. The summed E-state index contributed by atoms with van der Waals surface area (Å²) in [4.78, 5) is 26.8. The largest absolute Gasteiger partial charge is 0.358 e. The molecule has 2 heterocycles. The molecule has 1 aliphatic heterocycles. The lowest BCUT2D eigenvalue weighted by atomic mass is 10.1. The maximum atomic E-state index is 11.9. The van der Waals surface area contributed by atoms with Crippen molar-refractivity contribution in [1.29, 1.82) is 0 Å². The zero-order chi connectivity index (χ0) is 14.3. The Morgan fingerprint density at radius 3 is 2.75 bits per heavy atom. The maximum absolute atomic E-state index is 11.9. The molecular weight excluding hydrogens is 322 g/mol. The van der Waals surface area contributed by atoms with Gasteiger partial charge in [-0.2, -0.15) is 0 Å². The molecule has 6 heteroatoms. The van der Waals surface area contributed by atoms with E-state index >= 15 is 0 Å². The third-order valence-electron chi connectivity index (χ3n) is 3.45. The first kappa shape index (κ1) is 13.2. The van der Waals surface area contributed by atoms with Gasteiger partial charge in [0, 0.05) is 27.5 Å². The molecule has 2 unspecified atom stereocenters. The molecule has 1 aromatic carbocycles. The standard InChI is InChI=1S/C14H14BrN3O2/c1-7-13(19)18-12(14(20)16-7)6-10-5-8-4-9(15)2-3-11(8)17-10/h2-5,7,12,17H,6H2,1H3,(H,16,20)(H,18,19). The van der Waals surface area contributed by atoms with Crippen LogP contribution in [0.2, 0.25) is 0 Å². The van der Waals surface area contributed by atoms with Gasteiger partial charge in [-0.05, 0) is 31.2 Å². The average Bonchev–Trinajstić information content (AvgIpc) is 2.77. The highest BCUT2D eigenvalue weighted by Gasteiger charge is 2.31. The van der Waals surface area contributed by atoms with Gasteiger partial charge in [0.25, 0.3) is 0 Å². The van der Waals surface area contributed by atoms with Crippen LogP contribution in [0.4, 0.5) is 0 Å². The molecule has 1 aromatic heterocycles. The van der Waals surface area contributed by atoms with Gasteiger partial charge in [-0.1, -0.05) is 15.9 Å². The van der Waals surface area contributed by atoms with E-state index in [1.165, 1.54) is 0 Å². The molecule has 1 aliphatic rings. The number of halogens is 1. The van der Waals surface area contributed by atoms with Crippen LogP contribution < -0.4 is 10.6 Å². The number of aromatic amines is 1. The van der Waals surface area contributed by atoms with Crippen molar-refractivity contribution in [2.75, 3.05) is 0 Å². The zero-order valence-electron chi connectivity index (χ0n) is 10.9. The van der Waals surface area contributed by atoms with Crippen molar-refractivity contribution in [3.05, 3.63) is 34.4 Å². The highest BCUT2D eigenvalue weighted by molar-refractivity contribution is 9.10. The van der Waals surface area contributed by atoms with Crippen LogP contribution in [-0.4, -0.2) is 28.9 Å². The molecule has 2 aromatic rings. The fourth-order valence-electron chi connectivity index (χ4n) is 2.38. The van der Waals surface area contributed by atoms with Crippen LogP contribution in [-0.2, 0) is 16.0 Å². The second-order valence-electron chi connectivity index (χ2n) is 5.02. The molecule has 0 bridgehead atoms. The monoisotopic (exact) mass is 335 g/mol. The first-order valence-corrected chi connectivity index (χ1v) is 7.20. The summed E-state index contributed by atoms with van der Waals surface area (Å²) in [6.45, 7) is 1.67. The van der Waals surface area contributed by atoms with Crippen molar-refractivity contribution in [3.8, 4) is 0 Å². The second-order valence-corrected chi connectivity index (χ2v) is 5.94. The Morgan fingerprint density at radius 2 is 1.95 bits per heavy atom. The van der Waals surface area contributed by atoms with Gasteiger partial charge in [0.2, 0.25) is 11.8 Å². The summed E-state index contributed by atoms with van der Waals surface area (Å²) >= 11 is 3.43. The van der Waals surface area contributed by atoms with Crippen molar-refractivity contribution >= 4 is 38.6 Å². The fourth-order valence-corrected chi connectivity index (χ4v) is 2.76. The number of nitrogens with one attached hydrogen (secondary N) is 3. The van der Waals surface area contributed by atoms with E-state index in [1.54, 1.807) is 6.92 Å². The lowest BCUT2D eigenvalue weighted by Gasteiger charge is -2.27. The lowest BCUT2D eigenvalue weighted by molar-refractivity contribution is -0.136. The highest BCUT2D eigenvalue weighted by atomic mass is 79.9. The number of rotatable bonds is 2. The van der Waals surface area contributed by atoms with Gasteiger partial charge in [0.05, 0.1) is 0 Å². The summed E-state index contributed by atoms with van der Waals surface area (Å²) in [5, 5.41) is 6.48. The normalized spacial score (nSPS) is 22.7. The Bertz CT molecular complexity index is 695. The second kappa shape index (κ2) is 4.94. The molecule has 0 radical (unpaired) electrons. The van der Waals surface area contributed by atoms with Crippen LogP contribution in [0.3, 0.4) is 0 Å². The van der Waals surface area contributed by atoms with E-state index in [-0.39, 0.29) is 11.8 Å². The Labute approximate surface area is 124 Å². The first-order chi connectivity index (χ1) is 9.52. The molecule has 0 spiro atoms. The van der Waals surface area contributed by atoms with Crippen molar-refractivity contribution < 1.29 is 9.59 Å². The van der Waals surface area contributed by atoms with Crippen molar-refractivity contribution in [1.82, 2.24) is 15.6 Å². The number of H-pyrrole nitrogens is 1. The van der Waals surface area contributed by atoms with Crippen molar-refractivity contribution in [2.45, 2.75) is 25.4 Å². The third-order valence-corrected chi connectivity index (χ3v) is 3.94. The Morgan fingerprint density at radius 1 is 1.15 bits per heavy atom. The van der Waals surface area contributed by atoms with Crippen LogP contribution >= 0.6 is 15.9 Å². The predicted molar refractivity (Wildman–Crippen MR) is 79.2 cm³/mol. The van der Waals surface area contributed by atoms with Crippen molar-refractivity contribution in [2.24, 2.45) is 0 Å². The molecule has 0 aliphatic carbocycles. The minimum atomic E-state index is -0.518. The van der Waals surface area contributed by atoms with Gasteiger partial charge < -0.3 is 15.6 Å². The topological polar surface area (TPSA) is 74.0 Å². The average molecular weight is 336 g/mol. The van der Waals surface area contributed by atoms with Gasteiger partial charge >= 0.3 is 0 Å². The molecule has 1 fully saturated rings. The number of piperazine rings is 1. The smallest absolute Gasteiger partial charge is 0.243 e. The van der Waals surface area contributed by atoms with Crippen LogP contribution in [0, 0.1) is 0 Å². The molecule has 1 saturated heterocycles. The number of benzene rings is 1. The lowest BCUT2D eigenvalue weighted by Crippen LogP contribution is -2.61. The van der Waals surface area contributed by atoms with E-state index in [9.17, 15) is 9.59 Å². The number of fused-ring (bicyclic) bond motifs is 1. The Kier molecular flexibility index (Phi) is 3.25. The number of carbonyl (C=O) groups is 2. The molecule has 20 heavy (non-hydrogen) atoms. The van der Waals surface area contributed by atoms with E-state index in [1.807, 2.05) is 24.3 Å². The fraction of sp³-hybridized carbons (Fsp3) is 0.286. The van der Waals surface area contributed by atoms with Gasteiger partial charge in [0.15, 0.2) is 0 Å². The Balaban J connectivity index is 1.82. The number of hydrogen-bond donors (Lipinski definition) is 3. The van der Waals surface area contributed by atoms with Crippen LogP contribution in [0.5, 0.6) is 0 Å². The first-order valence-electron chi connectivity index (χ1n) is 6.41. The molecule has 3 rings (SSSR count). The summed E-state index contributed by atoms with van der Waals surface area (Å²) in [7, 11) is 0. The minimum absolute atomic E-state index is 0.142. The maximum Gasteiger partial charge on any atom is 0.243 e. The number of hydrogen-bond acceptors (Lipinski definition) is 2. The van der Waals surface area contributed by atoms with E-state index < -0.39 is 12.1 Å². The number of carbonyl (C=O) groups excluding carboxylic acids is 2. The summed E-state index contributed by atoms with van der Waals surface area (Å²) < 4.78 is 1.01. The summed E-state index contributed by atoms with van der Waals surface area (Å²) in [5.41, 5.74) is 1.94.